The van der Waals surface area contributed by atoms with Crippen molar-refractivity contribution in [1.29, 1.82) is 0 Å². The number of rotatable bonds is 7. The summed E-state index contributed by atoms with van der Waals surface area (Å²) >= 11 is 3.31. The van der Waals surface area contributed by atoms with Gasteiger partial charge in [-0.3, -0.25) is 4.79 Å². The molecule has 0 aliphatic heterocycles. The van der Waals surface area contributed by atoms with Crippen LogP contribution in [-0.2, 0) is 4.74 Å². The molecule has 2 aromatic carbocycles. The number of hydrogen-bond donors (Lipinski definition) is 0. The van der Waals surface area contributed by atoms with E-state index in [0.717, 1.165) is 23.2 Å². The lowest BCUT2D eigenvalue weighted by Crippen LogP contribution is -2.21. The highest BCUT2D eigenvalue weighted by atomic mass is 79.9. The highest BCUT2D eigenvalue weighted by Gasteiger charge is 2.12. The third kappa shape index (κ3) is 4.68. The van der Waals surface area contributed by atoms with E-state index in [1.54, 1.807) is 36.4 Å². The summed E-state index contributed by atoms with van der Waals surface area (Å²) in [6, 6.07) is 14.2. The topological polar surface area (TPSA) is 46.6 Å². The van der Waals surface area contributed by atoms with Gasteiger partial charge in [-0.05, 0) is 50.2 Å². The predicted octanol–water partition coefficient (Wildman–Crippen LogP) is 4.34. The zero-order valence-corrected chi connectivity index (χ0v) is 15.4. The lowest BCUT2D eigenvalue weighted by atomic mass is 10.1. The van der Waals surface area contributed by atoms with Crippen molar-refractivity contribution in [3.63, 3.8) is 0 Å². The van der Waals surface area contributed by atoms with E-state index < -0.39 is 5.97 Å². The second-order valence-electron chi connectivity index (χ2n) is 5.23. The number of anilines is 1. The smallest absolute Gasteiger partial charge is 0.338 e. The average Bonchev–Trinajstić information content (AvgIpc) is 2.61. The second-order valence-corrected chi connectivity index (χ2v) is 6.14. The molecule has 0 fully saturated rings. The lowest BCUT2D eigenvalue weighted by Gasteiger charge is -2.20. The van der Waals surface area contributed by atoms with Gasteiger partial charge in [-0.1, -0.05) is 28.1 Å². The highest BCUT2D eigenvalue weighted by molar-refractivity contribution is 9.10. The van der Waals surface area contributed by atoms with Crippen LogP contribution in [0.2, 0.25) is 0 Å². The maximum Gasteiger partial charge on any atom is 0.338 e. The Morgan fingerprint density at radius 1 is 0.917 bits per heavy atom. The molecule has 0 saturated carbocycles. The molecule has 24 heavy (non-hydrogen) atoms. The minimum Gasteiger partial charge on any atom is -0.454 e. The molecule has 126 valence electrons. The molecule has 0 N–H and O–H groups in total. The summed E-state index contributed by atoms with van der Waals surface area (Å²) < 4.78 is 6.01. The fraction of sp³-hybridized carbons (Fsp3) is 0.263. The first kappa shape index (κ1) is 18.2. The van der Waals surface area contributed by atoms with Crippen LogP contribution in [-0.4, -0.2) is 31.4 Å². The molecule has 0 heterocycles. The number of hydrogen-bond acceptors (Lipinski definition) is 4. The van der Waals surface area contributed by atoms with Crippen LogP contribution in [0.1, 0.15) is 34.6 Å². The second kappa shape index (κ2) is 8.64. The van der Waals surface area contributed by atoms with Crippen molar-refractivity contribution >= 4 is 33.4 Å². The van der Waals surface area contributed by atoms with E-state index in [1.165, 1.54) is 0 Å². The van der Waals surface area contributed by atoms with Crippen molar-refractivity contribution in [1.82, 2.24) is 0 Å². The fourth-order valence-corrected chi connectivity index (χ4v) is 2.59. The summed E-state index contributed by atoms with van der Waals surface area (Å²) in [7, 11) is 0. The van der Waals surface area contributed by atoms with Crippen molar-refractivity contribution in [2.75, 3.05) is 24.6 Å². The van der Waals surface area contributed by atoms with Crippen LogP contribution in [0.4, 0.5) is 5.69 Å². The largest absolute Gasteiger partial charge is 0.454 e. The van der Waals surface area contributed by atoms with E-state index in [0.29, 0.717) is 11.1 Å². The standard InChI is InChI=1S/C19H20BrNO3/c1-3-21(4-2)17-11-7-15(8-12-17)19(23)24-13-18(22)14-5-9-16(20)10-6-14/h5-12H,3-4,13H2,1-2H3. The Hall–Kier alpha value is -2.14. The van der Waals surface area contributed by atoms with E-state index in [-0.39, 0.29) is 12.4 Å². The van der Waals surface area contributed by atoms with Gasteiger partial charge in [0.25, 0.3) is 0 Å². The van der Waals surface area contributed by atoms with Gasteiger partial charge in [-0.15, -0.1) is 0 Å². The molecule has 0 radical (unpaired) electrons. The summed E-state index contributed by atoms with van der Waals surface area (Å²) in [6.07, 6.45) is 0. The van der Waals surface area contributed by atoms with Crippen LogP contribution in [0.3, 0.4) is 0 Å². The lowest BCUT2D eigenvalue weighted by molar-refractivity contribution is 0.0475. The molecule has 0 aliphatic carbocycles. The van der Waals surface area contributed by atoms with Gasteiger partial charge in [0.1, 0.15) is 0 Å². The van der Waals surface area contributed by atoms with Gasteiger partial charge < -0.3 is 9.64 Å². The fourth-order valence-electron chi connectivity index (χ4n) is 2.33. The van der Waals surface area contributed by atoms with Gasteiger partial charge in [0, 0.05) is 28.8 Å². The van der Waals surface area contributed by atoms with Crippen molar-refractivity contribution in [3.8, 4) is 0 Å². The molecular formula is C19H20BrNO3. The number of ketones is 1. The number of esters is 1. The summed E-state index contributed by atoms with van der Waals surface area (Å²) in [5.41, 5.74) is 2.01. The number of Topliss-reactive ketones (excluding diaryl/α,β-unsaturated/α-hetero) is 1. The monoisotopic (exact) mass is 389 g/mol. The van der Waals surface area contributed by atoms with Gasteiger partial charge in [0.2, 0.25) is 0 Å². The van der Waals surface area contributed by atoms with E-state index in [2.05, 4.69) is 34.7 Å². The van der Waals surface area contributed by atoms with E-state index in [1.807, 2.05) is 12.1 Å². The minimum absolute atomic E-state index is 0.226. The quantitative estimate of drug-likeness (QED) is 0.522. The normalized spacial score (nSPS) is 10.3. The van der Waals surface area contributed by atoms with Gasteiger partial charge in [0.05, 0.1) is 5.56 Å². The zero-order chi connectivity index (χ0) is 17.5. The maximum atomic E-state index is 12.1. The highest BCUT2D eigenvalue weighted by Crippen LogP contribution is 2.16. The molecule has 0 unspecified atom stereocenters. The van der Waals surface area contributed by atoms with Gasteiger partial charge in [-0.25, -0.2) is 4.79 Å². The SMILES string of the molecule is CCN(CC)c1ccc(C(=O)OCC(=O)c2ccc(Br)cc2)cc1. The van der Waals surface area contributed by atoms with Crippen molar-refractivity contribution in [2.24, 2.45) is 0 Å². The van der Waals surface area contributed by atoms with Crippen LogP contribution < -0.4 is 4.90 Å². The summed E-state index contributed by atoms with van der Waals surface area (Å²) in [4.78, 5) is 26.3. The number of carbonyl (C=O) groups is 2. The Kier molecular flexibility index (Phi) is 6.55. The minimum atomic E-state index is -0.494. The van der Waals surface area contributed by atoms with Gasteiger partial charge >= 0.3 is 5.97 Å². The first-order valence-corrected chi connectivity index (χ1v) is 8.65. The van der Waals surface area contributed by atoms with Crippen molar-refractivity contribution in [3.05, 3.63) is 64.1 Å². The summed E-state index contributed by atoms with van der Waals surface area (Å²) in [6.45, 7) is 5.71. The van der Waals surface area contributed by atoms with Crippen LogP contribution in [0.15, 0.2) is 53.0 Å². The molecule has 2 rings (SSSR count). The Morgan fingerprint density at radius 3 is 2.00 bits per heavy atom. The molecule has 5 heteroatoms. The van der Waals surface area contributed by atoms with Crippen LogP contribution in [0.25, 0.3) is 0 Å². The number of halogens is 1. The molecule has 0 bridgehead atoms. The Balaban J connectivity index is 1.94. The molecule has 4 nitrogen and oxygen atoms in total. The first-order chi connectivity index (χ1) is 11.5. The third-order valence-corrected chi connectivity index (χ3v) is 4.26. The van der Waals surface area contributed by atoms with Crippen LogP contribution in [0, 0.1) is 0 Å². The Labute approximate surface area is 150 Å². The number of nitrogens with zero attached hydrogens (tertiary/aromatic N) is 1. The van der Waals surface area contributed by atoms with Crippen LogP contribution >= 0.6 is 15.9 Å². The molecule has 0 amide bonds. The number of benzene rings is 2. The number of carbonyl (C=O) groups excluding carboxylic acids is 2. The predicted molar refractivity (Wildman–Crippen MR) is 98.8 cm³/mol. The maximum absolute atomic E-state index is 12.1. The molecule has 0 aromatic heterocycles. The summed E-state index contributed by atoms with van der Waals surface area (Å²) in [5.74, 6) is -0.720. The molecule has 0 spiro atoms. The van der Waals surface area contributed by atoms with E-state index in [4.69, 9.17) is 4.74 Å². The number of ether oxygens (including phenoxy) is 1. The first-order valence-electron chi connectivity index (χ1n) is 7.86. The van der Waals surface area contributed by atoms with Crippen molar-refractivity contribution < 1.29 is 14.3 Å². The van der Waals surface area contributed by atoms with Crippen LogP contribution in [0.5, 0.6) is 0 Å². The Morgan fingerprint density at radius 2 is 1.46 bits per heavy atom. The van der Waals surface area contributed by atoms with Gasteiger partial charge in [-0.2, -0.15) is 0 Å². The molecule has 0 aliphatic rings. The Bertz CT molecular complexity index is 692. The molecule has 0 saturated heterocycles. The van der Waals surface area contributed by atoms with E-state index in [9.17, 15) is 9.59 Å². The van der Waals surface area contributed by atoms with Crippen molar-refractivity contribution in [2.45, 2.75) is 13.8 Å². The summed E-state index contributed by atoms with van der Waals surface area (Å²) in [5, 5.41) is 0. The molecule has 0 atom stereocenters. The average molecular weight is 390 g/mol. The van der Waals surface area contributed by atoms with Gasteiger partial charge in [0.15, 0.2) is 12.4 Å². The molecular weight excluding hydrogens is 370 g/mol. The third-order valence-electron chi connectivity index (χ3n) is 3.73. The zero-order valence-electron chi connectivity index (χ0n) is 13.8. The van der Waals surface area contributed by atoms with E-state index >= 15 is 0 Å². The molecule has 2 aromatic rings.